The van der Waals surface area contributed by atoms with E-state index in [1.807, 2.05) is 0 Å². The summed E-state index contributed by atoms with van der Waals surface area (Å²) in [6.45, 7) is 0.133. The van der Waals surface area contributed by atoms with Crippen LogP contribution in [-0.2, 0) is 11.3 Å². The maximum atomic E-state index is 13.5. The number of benzene rings is 1. The summed E-state index contributed by atoms with van der Waals surface area (Å²) in [7, 11) is 3.09. The fourth-order valence-corrected chi connectivity index (χ4v) is 1.36. The highest BCUT2D eigenvalue weighted by Crippen LogP contribution is 2.17. The van der Waals surface area contributed by atoms with Crippen molar-refractivity contribution in [3.63, 3.8) is 0 Å². The number of likely N-dealkylation sites (N-methyl/N-ethyl adjacent to an activating group) is 1. The van der Waals surface area contributed by atoms with E-state index in [-0.39, 0.29) is 13.1 Å². The Labute approximate surface area is 93.3 Å². The summed E-state index contributed by atoms with van der Waals surface area (Å²) in [6, 6.07) is 4.52. The summed E-state index contributed by atoms with van der Waals surface area (Å²) in [5.74, 6) is -0.879. The molecule has 0 bridgehead atoms. The summed E-state index contributed by atoms with van der Waals surface area (Å²) < 4.78 is 18.4. The molecule has 0 atom stereocenters. The van der Waals surface area contributed by atoms with Crippen LogP contribution < -0.4 is 4.74 Å². The van der Waals surface area contributed by atoms with Gasteiger partial charge in [-0.15, -0.1) is 0 Å². The Morgan fingerprint density at radius 1 is 1.56 bits per heavy atom. The first-order chi connectivity index (χ1) is 7.52. The molecule has 1 aromatic rings. The molecule has 0 aliphatic rings. The number of hydrogen-bond donors (Lipinski definition) is 1. The molecule has 0 heterocycles. The van der Waals surface area contributed by atoms with Crippen LogP contribution in [0.2, 0.25) is 0 Å². The van der Waals surface area contributed by atoms with Gasteiger partial charge in [0.1, 0.15) is 11.6 Å². The zero-order valence-corrected chi connectivity index (χ0v) is 9.24. The molecule has 0 spiro atoms. The van der Waals surface area contributed by atoms with Crippen LogP contribution in [-0.4, -0.2) is 36.7 Å². The number of halogens is 1. The van der Waals surface area contributed by atoms with Crippen LogP contribution in [0.25, 0.3) is 0 Å². The smallest absolute Gasteiger partial charge is 0.317 e. The summed E-state index contributed by atoms with van der Waals surface area (Å²) in [5.41, 5.74) is 0.449. The number of hydrogen-bond acceptors (Lipinski definition) is 3. The number of nitrogens with zero attached hydrogens (tertiary/aromatic N) is 1. The number of rotatable bonds is 5. The van der Waals surface area contributed by atoms with Gasteiger partial charge in [-0.05, 0) is 13.1 Å². The average Bonchev–Trinajstić information content (AvgIpc) is 2.19. The molecule has 16 heavy (non-hydrogen) atoms. The predicted octanol–water partition coefficient (Wildman–Crippen LogP) is 1.35. The fourth-order valence-electron chi connectivity index (χ4n) is 1.36. The van der Waals surface area contributed by atoms with Gasteiger partial charge in [0.05, 0.1) is 13.7 Å². The number of ether oxygens (including phenoxy) is 1. The number of aliphatic carboxylic acids is 1. The molecule has 0 radical (unpaired) electrons. The molecule has 88 valence electrons. The van der Waals surface area contributed by atoms with Gasteiger partial charge in [0.25, 0.3) is 0 Å². The van der Waals surface area contributed by atoms with Gasteiger partial charge >= 0.3 is 5.97 Å². The SMILES string of the molecule is COc1ccc(CN(C)CC(=O)O)c(F)c1. The quantitative estimate of drug-likeness (QED) is 0.825. The van der Waals surface area contributed by atoms with Gasteiger partial charge in [-0.1, -0.05) is 6.07 Å². The maximum absolute atomic E-state index is 13.5. The molecular weight excluding hydrogens is 213 g/mol. The standard InChI is InChI=1S/C11H14FNO3/c1-13(7-11(14)15)6-8-3-4-9(16-2)5-10(8)12/h3-5H,6-7H2,1-2H3,(H,14,15). The minimum Gasteiger partial charge on any atom is -0.497 e. The highest BCUT2D eigenvalue weighted by Gasteiger charge is 2.09. The molecule has 5 heteroatoms. The zero-order chi connectivity index (χ0) is 12.1. The Hall–Kier alpha value is -1.62. The van der Waals surface area contributed by atoms with Gasteiger partial charge in [0.15, 0.2) is 0 Å². The Morgan fingerprint density at radius 2 is 2.25 bits per heavy atom. The highest BCUT2D eigenvalue weighted by atomic mass is 19.1. The largest absolute Gasteiger partial charge is 0.497 e. The van der Waals surface area contributed by atoms with Crippen LogP contribution in [0, 0.1) is 5.82 Å². The van der Waals surface area contributed by atoms with Gasteiger partial charge in [0.2, 0.25) is 0 Å². The molecule has 0 aliphatic carbocycles. The Balaban J connectivity index is 2.70. The van der Waals surface area contributed by atoms with Gasteiger partial charge in [-0.25, -0.2) is 4.39 Å². The van der Waals surface area contributed by atoms with E-state index in [1.54, 1.807) is 19.2 Å². The van der Waals surface area contributed by atoms with Crippen LogP contribution in [0.1, 0.15) is 5.56 Å². The van der Waals surface area contributed by atoms with Gasteiger partial charge < -0.3 is 9.84 Å². The van der Waals surface area contributed by atoms with Crippen molar-refractivity contribution in [3.05, 3.63) is 29.6 Å². The van der Waals surface area contributed by atoms with Crippen molar-refractivity contribution in [2.24, 2.45) is 0 Å². The van der Waals surface area contributed by atoms with E-state index in [1.165, 1.54) is 18.1 Å². The van der Waals surface area contributed by atoms with Crippen molar-refractivity contribution in [1.82, 2.24) is 4.90 Å². The normalized spacial score (nSPS) is 10.5. The summed E-state index contributed by atoms with van der Waals surface area (Å²) >= 11 is 0. The van der Waals surface area contributed by atoms with E-state index in [0.717, 1.165) is 0 Å². The second-order valence-electron chi connectivity index (χ2n) is 3.52. The van der Waals surface area contributed by atoms with Crippen molar-refractivity contribution in [2.45, 2.75) is 6.54 Å². The molecule has 1 N–H and O–H groups in total. The molecule has 0 amide bonds. The van der Waals surface area contributed by atoms with Gasteiger partial charge in [0, 0.05) is 18.2 Å². The number of carbonyl (C=O) groups is 1. The van der Waals surface area contributed by atoms with Crippen LogP contribution in [0.5, 0.6) is 5.75 Å². The third-order valence-electron chi connectivity index (χ3n) is 2.11. The molecular formula is C11H14FNO3. The first-order valence-electron chi connectivity index (χ1n) is 4.75. The van der Waals surface area contributed by atoms with E-state index in [4.69, 9.17) is 9.84 Å². The average molecular weight is 227 g/mol. The second kappa shape index (κ2) is 5.46. The number of carboxylic acid groups (broad SMARTS) is 1. The van der Waals surface area contributed by atoms with E-state index >= 15 is 0 Å². The number of methoxy groups -OCH3 is 1. The number of carboxylic acids is 1. The summed E-state index contributed by atoms with van der Waals surface area (Å²) in [4.78, 5) is 12.0. The van der Waals surface area contributed by atoms with E-state index < -0.39 is 11.8 Å². The Bertz CT molecular complexity index is 381. The lowest BCUT2D eigenvalue weighted by Gasteiger charge is -2.14. The summed E-state index contributed by atoms with van der Waals surface area (Å²) in [6.07, 6.45) is 0. The second-order valence-corrected chi connectivity index (χ2v) is 3.52. The van der Waals surface area contributed by atoms with Crippen molar-refractivity contribution in [3.8, 4) is 5.75 Å². The monoisotopic (exact) mass is 227 g/mol. The maximum Gasteiger partial charge on any atom is 0.317 e. The van der Waals surface area contributed by atoms with Crippen molar-refractivity contribution in [1.29, 1.82) is 0 Å². The van der Waals surface area contributed by atoms with E-state index in [2.05, 4.69) is 0 Å². The molecule has 0 fully saturated rings. The molecule has 0 saturated heterocycles. The van der Waals surface area contributed by atoms with E-state index in [0.29, 0.717) is 11.3 Å². The highest BCUT2D eigenvalue weighted by molar-refractivity contribution is 5.69. The Kier molecular flexibility index (Phi) is 4.25. The minimum absolute atomic E-state index is 0.120. The first-order valence-corrected chi connectivity index (χ1v) is 4.75. The van der Waals surface area contributed by atoms with E-state index in [9.17, 15) is 9.18 Å². The van der Waals surface area contributed by atoms with Crippen molar-refractivity contribution < 1.29 is 19.0 Å². The van der Waals surface area contributed by atoms with Gasteiger partial charge in [-0.2, -0.15) is 0 Å². The third-order valence-corrected chi connectivity index (χ3v) is 2.11. The minimum atomic E-state index is -0.934. The van der Waals surface area contributed by atoms with Crippen LogP contribution >= 0.6 is 0 Å². The first kappa shape index (κ1) is 12.4. The van der Waals surface area contributed by atoms with Crippen molar-refractivity contribution in [2.75, 3.05) is 20.7 Å². The fraction of sp³-hybridized carbons (Fsp3) is 0.364. The predicted molar refractivity (Wildman–Crippen MR) is 56.9 cm³/mol. The van der Waals surface area contributed by atoms with Crippen molar-refractivity contribution >= 4 is 5.97 Å². The Morgan fingerprint density at radius 3 is 2.75 bits per heavy atom. The van der Waals surface area contributed by atoms with Crippen LogP contribution in [0.3, 0.4) is 0 Å². The molecule has 0 aromatic heterocycles. The van der Waals surface area contributed by atoms with Crippen LogP contribution in [0.15, 0.2) is 18.2 Å². The molecule has 1 aromatic carbocycles. The summed E-state index contributed by atoms with van der Waals surface area (Å²) in [5, 5.41) is 8.56. The lowest BCUT2D eigenvalue weighted by atomic mass is 10.2. The molecule has 0 unspecified atom stereocenters. The van der Waals surface area contributed by atoms with Crippen LogP contribution in [0.4, 0.5) is 4.39 Å². The molecule has 0 saturated carbocycles. The lowest BCUT2D eigenvalue weighted by Crippen LogP contribution is -2.25. The topological polar surface area (TPSA) is 49.8 Å². The van der Waals surface area contributed by atoms with Gasteiger partial charge in [-0.3, -0.25) is 9.69 Å². The molecule has 4 nitrogen and oxygen atoms in total. The molecule has 0 aliphatic heterocycles. The zero-order valence-electron chi connectivity index (χ0n) is 9.24. The lowest BCUT2D eigenvalue weighted by molar-refractivity contribution is -0.138. The molecule has 1 rings (SSSR count). The third kappa shape index (κ3) is 3.51.